The van der Waals surface area contributed by atoms with Gasteiger partial charge in [0.15, 0.2) is 0 Å². The topological polar surface area (TPSA) is 124 Å². The highest BCUT2D eigenvalue weighted by molar-refractivity contribution is 7.99. The fourth-order valence-corrected chi connectivity index (χ4v) is 5.19. The Hall–Kier alpha value is -3.04. The lowest BCUT2D eigenvalue weighted by molar-refractivity contribution is -0.140. The highest BCUT2D eigenvalue weighted by atomic mass is 32.2. The fourth-order valence-electron chi connectivity index (χ4n) is 4.23. The van der Waals surface area contributed by atoms with Gasteiger partial charge < -0.3 is 25.8 Å². The summed E-state index contributed by atoms with van der Waals surface area (Å²) in [6.45, 7) is 4.47. The van der Waals surface area contributed by atoms with E-state index in [2.05, 4.69) is 22.0 Å². The van der Waals surface area contributed by atoms with Gasteiger partial charge in [0.25, 0.3) is 0 Å². The number of ether oxygens (including phenoxy) is 1. The molecule has 0 spiro atoms. The molecule has 0 saturated carbocycles. The number of rotatable bonds is 8. The summed E-state index contributed by atoms with van der Waals surface area (Å²) in [5.41, 5.74) is 2.64. The summed E-state index contributed by atoms with van der Waals surface area (Å²) in [6, 6.07) is 12.9. The van der Waals surface area contributed by atoms with Crippen molar-refractivity contribution in [1.29, 1.82) is 5.41 Å². The third-order valence-electron chi connectivity index (χ3n) is 5.90. The Morgan fingerprint density at radius 3 is 2.74 bits per heavy atom. The number of aliphatic carboxylic acids is 1. The van der Waals surface area contributed by atoms with Gasteiger partial charge in [0.1, 0.15) is 11.9 Å². The summed E-state index contributed by atoms with van der Waals surface area (Å²) >= 11 is 1.68. The minimum absolute atomic E-state index is 0.147. The first-order valence-electron chi connectivity index (χ1n) is 11.5. The Labute approximate surface area is 203 Å². The quantitative estimate of drug-likeness (QED) is 0.243. The van der Waals surface area contributed by atoms with Gasteiger partial charge in [-0.2, -0.15) is 0 Å². The van der Waals surface area contributed by atoms with Crippen LogP contribution in [0.1, 0.15) is 38.7 Å². The minimum atomic E-state index is -0.952. The van der Waals surface area contributed by atoms with E-state index in [1.807, 2.05) is 50.2 Å². The zero-order valence-corrected chi connectivity index (χ0v) is 20.1. The minimum Gasteiger partial charge on any atom is -0.481 e. The molecule has 1 unspecified atom stereocenters. The first-order valence-corrected chi connectivity index (χ1v) is 12.3. The second-order valence-electron chi connectivity index (χ2n) is 9.05. The normalized spacial score (nSPS) is 19.5. The molecule has 4 rings (SSSR count). The average molecular weight is 483 g/mol. The van der Waals surface area contributed by atoms with Gasteiger partial charge in [0.05, 0.1) is 29.9 Å². The molecule has 1 saturated heterocycles. The van der Waals surface area contributed by atoms with Crippen molar-refractivity contribution >= 4 is 40.8 Å². The van der Waals surface area contributed by atoms with E-state index in [-0.39, 0.29) is 30.1 Å². The Morgan fingerprint density at radius 2 is 1.97 bits per heavy atom. The van der Waals surface area contributed by atoms with Crippen LogP contribution in [-0.4, -0.2) is 47.6 Å². The predicted molar refractivity (Wildman–Crippen MR) is 132 cm³/mol. The van der Waals surface area contributed by atoms with Crippen LogP contribution >= 0.6 is 11.8 Å². The molecule has 1 amide bonds. The molecule has 180 valence electrons. The number of nitrogens with one attached hydrogen (secondary N) is 4. The second-order valence-corrected chi connectivity index (χ2v) is 10.1. The number of para-hydroxylation sites is 1. The van der Waals surface area contributed by atoms with E-state index in [0.717, 1.165) is 21.2 Å². The average Bonchev–Trinajstić information content (AvgIpc) is 3.22. The van der Waals surface area contributed by atoms with Crippen LogP contribution < -0.4 is 16.0 Å². The van der Waals surface area contributed by atoms with Crippen LogP contribution in [0, 0.1) is 11.3 Å². The largest absolute Gasteiger partial charge is 0.481 e. The number of carbonyl (C=O) groups is 2. The van der Waals surface area contributed by atoms with E-state index in [1.165, 1.54) is 0 Å². The number of carboxylic acids is 1. The molecule has 2 aromatic rings. The summed E-state index contributed by atoms with van der Waals surface area (Å²) in [5, 5.41) is 27.2. The molecule has 3 atom stereocenters. The fraction of sp³-hybridized carbons (Fsp3) is 0.400. The predicted octanol–water partition coefficient (Wildman–Crippen LogP) is 3.97. The third-order valence-corrected chi connectivity index (χ3v) is 7.05. The van der Waals surface area contributed by atoms with Gasteiger partial charge in [0.2, 0.25) is 5.91 Å². The smallest absolute Gasteiger partial charge is 0.306 e. The van der Waals surface area contributed by atoms with Gasteiger partial charge in [0, 0.05) is 22.0 Å². The number of hydrogen-bond donors (Lipinski definition) is 5. The Kier molecular flexibility index (Phi) is 7.43. The standard InChI is InChI=1S/C25H30N4O4S/c1-14(2)11-19(25(32)29-16-9-10-33-20(16)13-23(30)31)28-24(26)15-7-8-22-18(12-15)27-17-5-3-4-6-21(17)34-22/h3-8,12,14,16,19-20,27H,9-11,13H2,1-2H3,(H2,26,28)(H,29,32)(H,30,31)/t16-,19-,20?/m0/s1. The zero-order valence-electron chi connectivity index (χ0n) is 19.3. The lowest BCUT2D eigenvalue weighted by atomic mass is 10.0. The van der Waals surface area contributed by atoms with Gasteiger partial charge in [-0.05, 0) is 43.0 Å². The van der Waals surface area contributed by atoms with Crippen molar-refractivity contribution < 1.29 is 19.4 Å². The molecule has 0 bridgehead atoms. The highest BCUT2D eigenvalue weighted by Gasteiger charge is 2.33. The van der Waals surface area contributed by atoms with Crippen LogP contribution in [0.3, 0.4) is 0 Å². The van der Waals surface area contributed by atoms with Crippen molar-refractivity contribution in [2.45, 2.75) is 61.1 Å². The number of hydrogen-bond acceptors (Lipinski definition) is 6. The zero-order chi connectivity index (χ0) is 24.2. The maximum atomic E-state index is 13.1. The van der Waals surface area contributed by atoms with Crippen molar-refractivity contribution in [3.8, 4) is 0 Å². The van der Waals surface area contributed by atoms with E-state index >= 15 is 0 Å². The molecule has 0 radical (unpaired) electrons. The van der Waals surface area contributed by atoms with Crippen molar-refractivity contribution in [3.63, 3.8) is 0 Å². The number of amidine groups is 1. The Morgan fingerprint density at radius 1 is 1.21 bits per heavy atom. The van der Waals surface area contributed by atoms with Crippen LogP contribution in [0.5, 0.6) is 0 Å². The van der Waals surface area contributed by atoms with Gasteiger partial charge in [-0.15, -0.1) is 0 Å². The monoisotopic (exact) mass is 482 g/mol. The highest BCUT2D eigenvalue weighted by Crippen LogP contribution is 2.44. The summed E-state index contributed by atoms with van der Waals surface area (Å²) < 4.78 is 5.50. The van der Waals surface area contributed by atoms with Gasteiger partial charge >= 0.3 is 5.97 Å². The Balaban J connectivity index is 1.45. The molecule has 2 heterocycles. The molecule has 2 aromatic carbocycles. The van der Waals surface area contributed by atoms with Crippen molar-refractivity contribution in [3.05, 3.63) is 48.0 Å². The number of anilines is 2. The van der Waals surface area contributed by atoms with Crippen LogP contribution in [0.2, 0.25) is 0 Å². The van der Waals surface area contributed by atoms with Crippen molar-refractivity contribution in [2.75, 3.05) is 11.9 Å². The van der Waals surface area contributed by atoms with E-state index in [9.17, 15) is 9.59 Å². The van der Waals surface area contributed by atoms with Gasteiger partial charge in [-0.25, -0.2) is 0 Å². The molecule has 1 fully saturated rings. The van der Waals surface area contributed by atoms with Gasteiger partial charge in [-0.1, -0.05) is 43.8 Å². The second kappa shape index (κ2) is 10.5. The summed E-state index contributed by atoms with van der Waals surface area (Å²) in [7, 11) is 0. The van der Waals surface area contributed by atoms with Crippen LogP contribution in [0.4, 0.5) is 11.4 Å². The number of carboxylic acid groups (broad SMARTS) is 1. The summed E-state index contributed by atoms with van der Waals surface area (Å²) in [6.07, 6.45) is 0.433. The summed E-state index contributed by atoms with van der Waals surface area (Å²) in [4.78, 5) is 26.4. The van der Waals surface area contributed by atoms with Gasteiger partial charge in [-0.3, -0.25) is 15.0 Å². The van der Waals surface area contributed by atoms with Crippen LogP contribution in [0.15, 0.2) is 52.3 Å². The van der Waals surface area contributed by atoms with Crippen LogP contribution in [0.25, 0.3) is 0 Å². The number of carbonyl (C=O) groups excluding carboxylic acids is 1. The van der Waals surface area contributed by atoms with Crippen molar-refractivity contribution in [1.82, 2.24) is 10.6 Å². The summed E-state index contributed by atoms with van der Waals surface area (Å²) in [5.74, 6) is -0.806. The number of fused-ring (bicyclic) bond motifs is 2. The molecule has 9 heteroatoms. The molecule has 2 aliphatic heterocycles. The molecular weight excluding hydrogens is 452 g/mol. The molecule has 0 aromatic heterocycles. The molecular formula is C25H30N4O4S. The van der Waals surface area contributed by atoms with E-state index in [0.29, 0.717) is 25.0 Å². The first-order chi connectivity index (χ1) is 16.3. The van der Waals surface area contributed by atoms with E-state index < -0.39 is 18.1 Å². The van der Waals surface area contributed by atoms with Crippen LogP contribution in [-0.2, 0) is 14.3 Å². The lowest BCUT2D eigenvalue weighted by Crippen LogP contribution is -2.52. The van der Waals surface area contributed by atoms with Crippen molar-refractivity contribution in [2.24, 2.45) is 5.92 Å². The maximum absolute atomic E-state index is 13.1. The SMILES string of the molecule is CC(C)C[C@H](NC(=N)c1ccc2c(c1)Nc1ccccc1S2)C(=O)N[C@H]1CCOC1CC(=O)O. The Bertz CT molecular complexity index is 1090. The lowest BCUT2D eigenvalue weighted by Gasteiger charge is -2.26. The number of benzene rings is 2. The van der Waals surface area contributed by atoms with E-state index in [4.69, 9.17) is 15.3 Å². The molecule has 2 aliphatic rings. The molecule has 34 heavy (non-hydrogen) atoms. The third kappa shape index (κ3) is 5.71. The molecule has 0 aliphatic carbocycles. The van der Waals surface area contributed by atoms with E-state index in [1.54, 1.807) is 11.8 Å². The molecule has 5 N–H and O–H groups in total. The first kappa shape index (κ1) is 24.1. The molecule has 8 nitrogen and oxygen atoms in total. The maximum Gasteiger partial charge on any atom is 0.306 e. The number of amides is 1.